The summed E-state index contributed by atoms with van der Waals surface area (Å²) in [5, 5.41) is 3.39. The minimum absolute atomic E-state index is 0.111. The fourth-order valence-electron chi connectivity index (χ4n) is 2.68. The van der Waals surface area contributed by atoms with Crippen LogP contribution in [0.5, 0.6) is 5.75 Å². The van der Waals surface area contributed by atoms with E-state index in [9.17, 15) is 13.2 Å². The number of sulfonamides is 1. The molecule has 6 nitrogen and oxygen atoms in total. The molecule has 158 valence electrons. The number of ether oxygens (including phenoxy) is 1. The molecule has 0 heterocycles. The van der Waals surface area contributed by atoms with E-state index >= 15 is 0 Å². The van der Waals surface area contributed by atoms with E-state index in [1.165, 1.54) is 26.2 Å². The first-order chi connectivity index (χ1) is 13.4. The monoisotopic (exact) mass is 438 g/mol. The van der Waals surface area contributed by atoms with Crippen LogP contribution in [-0.2, 0) is 14.8 Å². The normalized spacial score (nSPS) is 11.8. The number of hydrogen-bond donors (Lipinski definition) is 1. The van der Waals surface area contributed by atoms with Crippen molar-refractivity contribution in [3.05, 3.63) is 52.0 Å². The molecule has 8 heteroatoms. The lowest BCUT2D eigenvalue weighted by Crippen LogP contribution is -2.23. The Morgan fingerprint density at radius 1 is 1.14 bits per heavy atom. The van der Waals surface area contributed by atoms with Crippen molar-refractivity contribution in [3.8, 4) is 5.75 Å². The van der Waals surface area contributed by atoms with Gasteiger partial charge in [-0.25, -0.2) is 12.7 Å². The Kier molecular flexibility index (Phi) is 7.32. The van der Waals surface area contributed by atoms with Gasteiger partial charge in [-0.1, -0.05) is 31.5 Å². The average molecular weight is 439 g/mol. The van der Waals surface area contributed by atoms with Crippen LogP contribution in [0, 0.1) is 13.8 Å². The number of hydrogen-bond acceptors (Lipinski definition) is 4. The van der Waals surface area contributed by atoms with Crippen molar-refractivity contribution in [1.29, 1.82) is 0 Å². The third-order valence-corrected chi connectivity index (χ3v) is 6.75. The molecule has 0 atom stereocenters. The van der Waals surface area contributed by atoms with E-state index in [2.05, 4.69) is 5.32 Å². The molecule has 0 spiro atoms. The number of nitrogens with zero attached hydrogens (tertiary/aromatic N) is 1. The summed E-state index contributed by atoms with van der Waals surface area (Å²) in [4.78, 5) is 12.6. The number of benzene rings is 2. The van der Waals surface area contributed by atoms with Gasteiger partial charge in [0.2, 0.25) is 10.0 Å². The van der Waals surface area contributed by atoms with Crippen LogP contribution in [0.15, 0.2) is 35.2 Å². The zero-order valence-corrected chi connectivity index (χ0v) is 19.1. The molecule has 0 fully saturated rings. The summed E-state index contributed by atoms with van der Waals surface area (Å²) in [7, 11) is -0.673. The molecule has 0 aliphatic carbocycles. The fourth-order valence-corrected chi connectivity index (χ4v) is 3.78. The molecule has 0 saturated carbocycles. The summed E-state index contributed by atoms with van der Waals surface area (Å²) in [5.41, 5.74) is 2.96. The molecule has 2 rings (SSSR count). The largest absolute Gasteiger partial charge is 0.483 e. The molecule has 0 bridgehead atoms. The topological polar surface area (TPSA) is 75.7 Å². The van der Waals surface area contributed by atoms with Crippen molar-refractivity contribution in [3.63, 3.8) is 0 Å². The number of aryl methyl sites for hydroxylation is 2. The second kappa shape index (κ2) is 9.15. The van der Waals surface area contributed by atoms with E-state index in [0.717, 1.165) is 21.0 Å². The lowest BCUT2D eigenvalue weighted by atomic mass is 10.0. The van der Waals surface area contributed by atoms with Gasteiger partial charge in [-0.05, 0) is 60.7 Å². The van der Waals surface area contributed by atoms with Gasteiger partial charge in [0.1, 0.15) is 5.75 Å². The smallest absolute Gasteiger partial charge is 0.262 e. The Balaban J connectivity index is 2.18. The summed E-state index contributed by atoms with van der Waals surface area (Å²) in [6, 6.07) is 8.30. The lowest BCUT2D eigenvalue weighted by Gasteiger charge is -2.17. The van der Waals surface area contributed by atoms with Gasteiger partial charge < -0.3 is 10.1 Å². The van der Waals surface area contributed by atoms with Crippen molar-refractivity contribution in [1.82, 2.24) is 4.31 Å². The Labute approximate surface area is 177 Å². The molecule has 2 aromatic carbocycles. The van der Waals surface area contributed by atoms with Crippen LogP contribution in [0.3, 0.4) is 0 Å². The number of carbonyl (C=O) groups excluding carboxylic acids is 1. The predicted molar refractivity (Wildman–Crippen MR) is 116 cm³/mol. The minimum atomic E-state index is -3.59. The second-order valence-corrected chi connectivity index (χ2v) is 9.95. The van der Waals surface area contributed by atoms with E-state index in [1.54, 1.807) is 13.0 Å². The van der Waals surface area contributed by atoms with Gasteiger partial charge in [0.05, 0.1) is 4.90 Å². The van der Waals surface area contributed by atoms with Crippen molar-refractivity contribution in [2.24, 2.45) is 0 Å². The van der Waals surface area contributed by atoms with Gasteiger partial charge in [-0.2, -0.15) is 0 Å². The van der Waals surface area contributed by atoms with Crippen molar-refractivity contribution in [2.75, 3.05) is 26.0 Å². The van der Waals surface area contributed by atoms with Crippen molar-refractivity contribution < 1.29 is 17.9 Å². The number of rotatable bonds is 7. The van der Waals surface area contributed by atoms with Gasteiger partial charge in [0.15, 0.2) is 6.61 Å². The maximum atomic E-state index is 12.4. The maximum Gasteiger partial charge on any atom is 0.262 e. The van der Waals surface area contributed by atoms with E-state index in [1.807, 2.05) is 32.9 Å². The molecule has 0 saturated heterocycles. The molecule has 2 aromatic rings. The van der Waals surface area contributed by atoms with E-state index < -0.39 is 10.0 Å². The highest BCUT2D eigenvalue weighted by molar-refractivity contribution is 7.89. The van der Waals surface area contributed by atoms with Gasteiger partial charge in [-0.3, -0.25) is 4.79 Å². The minimum Gasteiger partial charge on any atom is -0.483 e. The molecule has 1 amide bonds. The Morgan fingerprint density at radius 2 is 1.79 bits per heavy atom. The number of anilines is 1. The Bertz CT molecular complexity index is 1020. The van der Waals surface area contributed by atoms with Crippen LogP contribution in [-0.4, -0.2) is 39.3 Å². The standard InChI is InChI=1S/C21H27ClN2O4S/c1-13(2)17-11-18(22)15(4)9-20(17)28-12-21(25)23-19-10-16(8-7-14(19)3)29(26,27)24(5)6/h7-11,13H,12H2,1-6H3,(H,23,25). The summed E-state index contributed by atoms with van der Waals surface area (Å²) >= 11 is 6.20. The van der Waals surface area contributed by atoms with Crippen LogP contribution in [0.4, 0.5) is 5.69 Å². The van der Waals surface area contributed by atoms with Gasteiger partial charge in [0.25, 0.3) is 5.91 Å². The molecular weight excluding hydrogens is 412 g/mol. The van der Waals surface area contributed by atoms with E-state index in [-0.39, 0.29) is 23.3 Å². The number of carbonyl (C=O) groups is 1. The number of halogens is 1. The molecule has 0 radical (unpaired) electrons. The average Bonchev–Trinajstić information content (AvgIpc) is 2.63. The van der Waals surface area contributed by atoms with Gasteiger partial charge in [-0.15, -0.1) is 0 Å². The van der Waals surface area contributed by atoms with E-state index in [0.29, 0.717) is 16.5 Å². The second-order valence-electron chi connectivity index (χ2n) is 7.39. The zero-order valence-electron chi connectivity index (χ0n) is 17.5. The summed E-state index contributed by atoms with van der Waals surface area (Å²) < 4.78 is 31.5. The Hall–Kier alpha value is -2.09. The van der Waals surface area contributed by atoms with Crippen LogP contribution in [0.25, 0.3) is 0 Å². The first-order valence-corrected chi connectivity index (χ1v) is 11.0. The summed E-state index contributed by atoms with van der Waals surface area (Å²) in [6.07, 6.45) is 0. The highest BCUT2D eigenvalue weighted by Gasteiger charge is 2.19. The number of nitrogens with one attached hydrogen (secondary N) is 1. The van der Waals surface area contributed by atoms with E-state index in [4.69, 9.17) is 16.3 Å². The van der Waals surface area contributed by atoms with Crippen molar-refractivity contribution >= 4 is 33.2 Å². The van der Waals surface area contributed by atoms with Crippen LogP contribution in [0.1, 0.15) is 36.5 Å². The molecular formula is C21H27ClN2O4S. The zero-order chi connectivity index (χ0) is 21.9. The quantitative estimate of drug-likeness (QED) is 0.697. The SMILES string of the molecule is Cc1cc(OCC(=O)Nc2cc(S(=O)(=O)N(C)C)ccc2C)c(C(C)C)cc1Cl. The number of amides is 1. The van der Waals surface area contributed by atoms with Crippen LogP contribution < -0.4 is 10.1 Å². The van der Waals surface area contributed by atoms with Crippen LogP contribution in [0.2, 0.25) is 5.02 Å². The van der Waals surface area contributed by atoms with Crippen LogP contribution >= 0.6 is 11.6 Å². The molecule has 0 aromatic heterocycles. The molecule has 1 N–H and O–H groups in total. The highest BCUT2D eigenvalue weighted by atomic mass is 35.5. The maximum absolute atomic E-state index is 12.4. The third kappa shape index (κ3) is 5.50. The van der Waals surface area contributed by atoms with Gasteiger partial charge >= 0.3 is 0 Å². The fraction of sp³-hybridized carbons (Fsp3) is 0.381. The Morgan fingerprint density at radius 3 is 2.38 bits per heavy atom. The highest BCUT2D eigenvalue weighted by Crippen LogP contribution is 2.32. The third-order valence-electron chi connectivity index (χ3n) is 4.53. The molecule has 0 aliphatic heterocycles. The lowest BCUT2D eigenvalue weighted by molar-refractivity contribution is -0.118. The predicted octanol–water partition coefficient (Wildman–Crippen LogP) is 4.35. The summed E-state index contributed by atoms with van der Waals surface area (Å²) in [6.45, 7) is 7.51. The molecule has 29 heavy (non-hydrogen) atoms. The molecule has 0 aliphatic rings. The molecule has 0 unspecified atom stereocenters. The van der Waals surface area contributed by atoms with Gasteiger partial charge in [0, 0.05) is 24.8 Å². The first kappa shape index (κ1) is 23.2. The van der Waals surface area contributed by atoms with Crippen molar-refractivity contribution in [2.45, 2.75) is 38.5 Å². The first-order valence-electron chi connectivity index (χ1n) is 9.19. The summed E-state index contributed by atoms with van der Waals surface area (Å²) in [5.74, 6) is 0.411.